The van der Waals surface area contributed by atoms with Crippen LogP contribution in [-0.4, -0.2) is 15.7 Å². The lowest BCUT2D eigenvalue weighted by molar-refractivity contribution is 0.691. The molecule has 2 heterocycles. The summed E-state index contributed by atoms with van der Waals surface area (Å²) in [6.07, 6.45) is 2.22. The summed E-state index contributed by atoms with van der Waals surface area (Å²) < 4.78 is 0. The third-order valence-electron chi connectivity index (χ3n) is 2.24. The highest BCUT2D eigenvalue weighted by molar-refractivity contribution is 6.16. The average Bonchev–Trinajstić information content (AvgIpc) is 2.57. The highest BCUT2D eigenvalue weighted by Gasteiger charge is 2.27. The van der Waals surface area contributed by atoms with E-state index in [0.29, 0.717) is 17.1 Å². The molecule has 1 aliphatic heterocycles. The van der Waals surface area contributed by atoms with Crippen LogP contribution in [0.3, 0.4) is 0 Å². The lowest BCUT2D eigenvalue weighted by Gasteiger charge is -2.04. The van der Waals surface area contributed by atoms with Gasteiger partial charge in [0.15, 0.2) is 0 Å². The first kappa shape index (κ1) is 8.63. The first-order valence-corrected chi connectivity index (χ1v) is 4.36. The fraction of sp³-hybridized carbons (Fsp3) is 0.333. The molecule has 0 aromatic carbocycles. The highest BCUT2D eigenvalue weighted by atomic mass is 15.0. The standard InChI is InChI=1S/C9H9N5/c1-2-5-8-7(6(3-10)14-5)9(11)13-4-12-8/h4-5H,2H2,1H3,(H2,11,12,13). The van der Waals surface area contributed by atoms with E-state index in [0.717, 1.165) is 12.1 Å². The number of hydrogen-bond acceptors (Lipinski definition) is 5. The Balaban J connectivity index is 2.63. The molecule has 5 nitrogen and oxygen atoms in total. The normalized spacial score (nSPS) is 18.6. The molecule has 14 heavy (non-hydrogen) atoms. The van der Waals surface area contributed by atoms with Crippen LogP contribution in [0.1, 0.15) is 30.6 Å². The SMILES string of the molecule is CCC1N=C(C#N)c2c(N)ncnc21. The van der Waals surface area contributed by atoms with Crippen molar-refractivity contribution in [2.24, 2.45) is 4.99 Å². The molecule has 70 valence electrons. The predicted octanol–water partition coefficient (Wildman–Crippen LogP) is 0.836. The van der Waals surface area contributed by atoms with Gasteiger partial charge >= 0.3 is 0 Å². The number of nitrogens with two attached hydrogens (primary N) is 1. The zero-order chi connectivity index (χ0) is 10.1. The number of nitriles is 1. The maximum absolute atomic E-state index is 8.86. The van der Waals surface area contributed by atoms with Crippen LogP contribution in [0.25, 0.3) is 0 Å². The Bertz CT molecular complexity index is 443. The minimum absolute atomic E-state index is 0.0371. The summed E-state index contributed by atoms with van der Waals surface area (Å²) in [6, 6.07) is 1.98. The zero-order valence-electron chi connectivity index (χ0n) is 7.73. The minimum atomic E-state index is -0.0371. The van der Waals surface area contributed by atoms with Crippen molar-refractivity contribution in [2.75, 3.05) is 5.73 Å². The van der Waals surface area contributed by atoms with Gasteiger partial charge in [-0.15, -0.1) is 0 Å². The Kier molecular flexibility index (Phi) is 1.89. The smallest absolute Gasteiger partial charge is 0.148 e. The van der Waals surface area contributed by atoms with Gasteiger partial charge in [0.2, 0.25) is 0 Å². The summed E-state index contributed by atoms with van der Waals surface area (Å²) in [6.45, 7) is 2.00. The van der Waals surface area contributed by atoms with Crippen molar-refractivity contribution in [1.82, 2.24) is 9.97 Å². The van der Waals surface area contributed by atoms with Gasteiger partial charge in [0.1, 0.15) is 23.9 Å². The maximum atomic E-state index is 8.86. The molecule has 0 amide bonds. The van der Waals surface area contributed by atoms with Crippen LogP contribution >= 0.6 is 0 Å². The molecule has 5 heteroatoms. The molecule has 0 bridgehead atoms. The van der Waals surface area contributed by atoms with Crippen molar-refractivity contribution >= 4 is 11.5 Å². The van der Waals surface area contributed by atoms with Crippen LogP contribution in [0.5, 0.6) is 0 Å². The van der Waals surface area contributed by atoms with Crippen LogP contribution in [-0.2, 0) is 0 Å². The Morgan fingerprint density at radius 3 is 3.00 bits per heavy atom. The van der Waals surface area contributed by atoms with Gasteiger partial charge in [-0.05, 0) is 6.42 Å². The van der Waals surface area contributed by atoms with Gasteiger partial charge in [-0.2, -0.15) is 5.26 Å². The Labute approximate surface area is 81.3 Å². The summed E-state index contributed by atoms with van der Waals surface area (Å²) in [5.74, 6) is 0.339. The van der Waals surface area contributed by atoms with Crippen molar-refractivity contribution < 1.29 is 0 Å². The predicted molar refractivity (Wildman–Crippen MR) is 51.6 cm³/mol. The lowest BCUT2D eigenvalue weighted by Crippen LogP contribution is -2.05. The molecule has 1 aromatic heterocycles. The van der Waals surface area contributed by atoms with E-state index < -0.39 is 0 Å². The van der Waals surface area contributed by atoms with E-state index >= 15 is 0 Å². The van der Waals surface area contributed by atoms with Crippen molar-refractivity contribution in [1.29, 1.82) is 5.26 Å². The van der Waals surface area contributed by atoms with Crippen molar-refractivity contribution in [3.63, 3.8) is 0 Å². The number of fused-ring (bicyclic) bond motifs is 1. The minimum Gasteiger partial charge on any atom is -0.383 e. The van der Waals surface area contributed by atoms with Gasteiger partial charge in [0.25, 0.3) is 0 Å². The van der Waals surface area contributed by atoms with E-state index in [1.165, 1.54) is 6.33 Å². The molecule has 2 rings (SSSR count). The van der Waals surface area contributed by atoms with Crippen LogP contribution in [0, 0.1) is 11.3 Å². The fourth-order valence-corrected chi connectivity index (χ4v) is 1.56. The molecule has 1 aromatic rings. The van der Waals surface area contributed by atoms with Crippen LogP contribution in [0.2, 0.25) is 0 Å². The Morgan fingerprint density at radius 1 is 1.57 bits per heavy atom. The monoisotopic (exact) mass is 187 g/mol. The van der Waals surface area contributed by atoms with Gasteiger partial charge < -0.3 is 5.73 Å². The van der Waals surface area contributed by atoms with Crippen molar-refractivity contribution in [3.8, 4) is 6.07 Å². The van der Waals surface area contributed by atoms with Crippen LogP contribution in [0.4, 0.5) is 5.82 Å². The molecular formula is C9H9N5. The quantitative estimate of drug-likeness (QED) is 0.705. The summed E-state index contributed by atoms with van der Waals surface area (Å²) in [5, 5.41) is 8.86. The first-order chi connectivity index (χ1) is 6.77. The van der Waals surface area contributed by atoms with Gasteiger partial charge in [-0.1, -0.05) is 6.92 Å². The maximum Gasteiger partial charge on any atom is 0.148 e. The van der Waals surface area contributed by atoms with Gasteiger partial charge in [-0.3, -0.25) is 4.99 Å². The number of hydrogen-bond donors (Lipinski definition) is 1. The zero-order valence-corrected chi connectivity index (χ0v) is 7.73. The van der Waals surface area contributed by atoms with Crippen LogP contribution < -0.4 is 5.73 Å². The molecule has 1 aliphatic rings. The van der Waals surface area contributed by atoms with Crippen molar-refractivity contribution in [2.45, 2.75) is 19.4 Å². The molecule has 0 spiro atoms. The summed E-state index contributed by atoms with van der Waals surface area (Å²) in [7, 11) is 0. The van der Waals surface area contributed by atoms with Gasteiger partial charge in [0, 0.05) is 0 Å². The molecule has 0 saturated heterocycles. The number of anilines is 1. The average molecular weight is 187 g/mol. The second-order valence-electron chi connectivity index (χ2n) is 3.03. The van der Waals surface area contributed by atoms with Gasteiger partial charge in [-0.25, -0.2) is 9.97 Å². The summed E-state index contributed by atoms with van der Waals surface area (Å²) in [5.41, 5.74) is 7.41. The number of aromatic nitrogens is 2. The molecule has 2 N–H and O–H groups in total. The van der Waals surface area contributed by atoms with Crippen LogP contribution in [0.15, 0.2) is 11.3 Å². The van der Waals surface area contributed by atoms with E-state index in [-0.39, 0.29) is 6.04 Å². The molecule has 0 radical (unpaired) electrons. The molecular weight excluding hydrogens is 178 g/mol. The lowest BCUT2D eigenvalue weighted by atomic mass is 10.1. The number of aliphatic imine (C=N–C) groups is 1. The second kappa shape index (κ2) is 3.07. The molecule has 1 atom stereocenters. The highest BCUT2D eigenvalue weighted by Crippen LogP contribution is 2.31. The van der Waals surface area contributed by atoms with E-state index in [1.807, 2.05) is 13.0 Å². The van der Waals surface area contributed by atoms with E-state index in [9.17, 15) is 0 Å². The topological polar surface area (TPSA) is 88.0 Å². The number of rotatable bonds is 1. The Hall–Kier alpha value is -1.96. The number of nitrogen functional groups attached to an aromatic ring is 1. The molecule has 0 aliphatic carbocycles. The molecule has 1 unspecified atom stereocenters. The van der Waals surface area contributed by atoms with E-state index in [4.69, 9.17) is 11.0 Å². The largest absolute Gasteiger partial charge is 0.383 e. The van der Waals surface area contributed by atoms with E-state index in [1.54, 1.807) is 0 Å². The molecule has 0 saturated carbocycles. The summed E-state index contributed by atoms with van der Waals surface area (Å²) >= 11 is 0. The third-order valence-corrected chi connectivity index (χ3v) is 2.24. The summed E-state index contributed by atoms with van der Waals surface area (Å²) in [4.78, 5) is 12.2. The fourth-order valence-electron chi connectivity index (χ4n) is 1.56. The molecule has 0 fully saturated rings. The first-order valence-electron chi connectivity index (χ1n) is 4.36. The Morgan fingerprint density at radius 2 is 2.36 bits per heavy atom. The second-order valence-corrected chi connectivity index (χ2v) is 3.03. The van der Waals surface area contributed by atoms with Crippen molar-refractivity contribution in [3.05, 3.63) is 17.6 Å². The van der Waals surface area contributed by atoms with Gasteiger partial charge in [0.05, 0.1) is 17.3 Å². The third kappa shape index (κ3) is 1.04. The number of nitrogens with zero attached hydrogens (tertiary/aromatic N) is 4. The van der Waals surface area contributed by atoms with E-state index in [2.05, 4.69) is 15.0 Å².